The van der Waals surface area contributed by atoms with Crippen molar-refractivity contribution in [3.8, 4) is 0 Å². The van der Waals surface area contributed by atoms with E-state index in [1.807, 2.05) is 0 Å². The van der Waals surface area contributed by atoms with Gasteiger partial charge in [-0.2, -0.15) is 0 Å². The summed E-state index contributed by atoms with van der Waals surface area (Å²) in [5.41, 5.74) is 20.5. The van der Waals surface area contributed by atoms with Gasteiger partial charge in [0.05, 0.1) is 0 Å². The van der Waals surface area contributed by atoms with Gasteiger partial charge in [0.25, 0.3) is 0 Å². The number of hydrogen-bond acceptors (Lipinski definition) is 15. The standard InChI is InChI=1S/C4H13NO3Si.3C4H13NO2Si.O2Si/c1-8-9(6,7)4-2-3-5;3*1-8(6,7)4-2-3-5;1-3-2/h6-7H,2-5H2,1H3;3*6-7H,2-5H2,1H3;. The van der Waals surface area contributed by atoms with E-state index in [-0.39, 0.29) is 0 Å². The Bertz CT molecular complexity index is 446. The first-order valence-corrected chi connectivity index (χ1v) is 22.0. The Balaban J connectivity index is -0.000000114. The van der Waals surface area contributed by atoms with Crippen LogP contribution in [-0.4, -0.2) is 115 Å². The number of nitrogens with two attached hydrogens (primary N) is 4. The van der Waals surface area contributed by atoms with E-state index in [4.69, 9.17) is 70.2 Å². The molecule has 0 amide bonds. The molecule has 0 aliphatic carbocycles. The Kier molecular flexibility index (Phi) is 36.0. The lowest BCUT2D eigenvalue weighted by Crippen LogP contribution is -2.37. The first-order valence-electron chi connectivity index (χ1n) is 11.4. The highest BCUT2D eigenvalue weighted by Crippen LogP contribution is 2.04. The van der Waals surface area contributed by atoms with Crippen molar-refractivity contribution in [2.24, 2.45) is 22.9 Å². The minimum atomic E-state index is -3.28. The van der Waals surface area contributed by atoms with Crippen LogP contribution in [0.4, 0.5) is 0 Å². The Morgan fingerprint density at radius 1 is 0.556 bits per heavy atom. The fourth-order valence-corrected chi connectivity index (χ4v) is 5.24. The molecule has 0 fully saturated rings. The average molecular weight is 617 g/mol. The third kappa shape index (κ3) is 70.0. The third-order valence-corrected chi connectivity index (χ3v) is 9.16. The zero-order valence-corrected chi connectivity index (χ0v) is 27.1. The van der Waals surface area contributed by atoms with E-state index in [9.17, 15) is 0 Å². The van der Waals surface area contributed by atoms with Gasteiger partial charge in [0, 0.05) is 13.2 Å². The predicted octanol–water partition coefficient (Wildman–Crippen LogP) is -3.54. The van der Waals surface area contributed by atoms with Gasteiger partial charge >= 0.3 is 43.8 Å². The molecular weight excluding hydrogens is 565 g/mol. The van der Waals surface area contributed by atoms with E-state index in [1.54, 1.807) is 0 Å². The van der Waals surface area contributed by atoms with Gasteiger partial charge < -0.3 is 65.7 Å². The largest absolute Gasteiger partial charge is 0.549 e. The summed E-state index contributed by atoms with van der Waals surface area (Å²) in [6.45, 7) is 6.57. The van der Waals surface area contributed by atoms with Crippen LogP contribution in [0.5, 0.6) is 0 Å². The van der Waals surface area contributed by atoms with Crippen molar-refractivity contribution in [1.82, 2.24) is 0 Å². The lowest BCUT2D eigenvalue weighted by atomic mass is 10.5. The molecule has 20 heteroatoms. The van der Waals surface area contributed by atoms with E-state index >= 15 is 0 Å². The Hall–Kier alpha value is 0.164. The molecule has 36 heavy (non-hydrogen) atoms. The number of rotatable bonds is 13. The van der Waals surface area contributed by atoms with Crippen LogP contribution in [0.25, 0.3) is 0 Å². The van der Waals surface area contributed by atoms with E-state index in [0.717, 1.165) is 19.3 Å². The van der Waals surface area contributed by atoms with Crippen LogP contribution < -0.4 is 22.9 Å². The summed E-state index contributed by atoms with van der Waals surface area (Å²) in [6, 6.07) is 1.76. The first kappa shape index (κ1) is 46.0. The molecule has 0 unspecified atom stereocenters. The highest BCUT2D eigenvalue weighted by atomic mass is 28.4. The normalized spacial score (nSPS) is 11.2. The highest BCUT2D eigenvalue weighted by molar-refractivity contribution is 6.63. The Morgan fingerprint density at radius 3 is 0.861 bits per heavy atom. The molecule has 16 N–H and O–H groups in total. The van der Waals surface area contributed by atoms with Crippen LogP contribution in [0, 0.1) is 0 Å². The van der Waals surface area contributed by atoms with Gasteiger partial charge in [-0.3, -0.25) is 8.92 Å². The molecule has 222 valence electrons. The lowest BCUT2D eigenvalue weighted by Gasteiger charge is -2.12. The molecule has 0 aromatic carbocycles. The van der Waals surface area contributed by atoms with E-state index < -0.39 is 43.8 Å². The maximum Gasteiger partial charge on any atom is 0.549 e. The first-order chi connectivity index (χ1) is 16.2. The zero-order valence-electron chi connectivity index (χ0n) is 22.1. The van der Waals surface area contributed by atoms with Crippen molar-refractivity contribution in [2.45, 2.75) is 69.5 Å². The molecular formula is C16H52N4O11Si5. The summed E-state index contributed by atoms with van der Waals surface area (Å²) in [7, 11) is -11.7. The minimum Gasteiger partial charge on any atom is -0.411 e. The molecule has 0 heterocycles. The van der Waals surface area contributed by atoms with Crippen LogP contribution in [-0.2, 0) is 13.3 Å². The molecule has 0 saturated carbocycles. The zero-order chi connectivity index (χ0) is 29.9. The molecule has 0 rings (SSSR count). The second kappa shape index (κ2) is 28.2. The molecule has 0 aliphatic heterocycles. The van der Waals surface area contributed by atoms with Crippen molar-refractivity contribution >= 4 is 43.8 Å². The van der Waals surface area contributed by atoms with E-state index in [0.29, 0.717) is 56.8 Å². The SMILES string of the molecule is CO[Si](O)(O)CCCN.C[Si](O)(O)CCCN.C[Si](O)(O)CCCN.C[Si](O)(O)CCCN.O=[Si]=O. The minimum absolute atomic E-state index is 0.292. The van der Waals surface area contributed by atoms with Gasteiger partial charge in [0.15, 0.2) is 0 Å². The second-order valence-corrected chi connectivity index (χ2v) is 19.6. The monoisotopic (exact) mass is 616 g/mol. The van der Waals surface area contributed by atoms with Gasteiger partial charge in [0.1, 0.15) is 0 Å². The predicted molar refractivity (Wildman–Crippen MR) is 146 cm³/mol. The van der Waals surface area contributed by atoms with Crippen molar-refractivity contribution in [3.63, 3.8) is 0 Å². The topological polar surface area (TPSA) is 309 Å². The average Bonchev–Trinajstić information content (AvgIpc) is 2.74. The molecule has 0 aromatic rings. The molecule has 0 atom stereocenters. The van der Waals surface area contributed by atoms with E-state index in [1.165, 1.54) is 26.8 Å². The van der Waals surface area contributed by atoms with Crippen LogP contribution in [0.1, 0.15) is 25.7 Å². The smallest absolute Gasteiger partial charge is 0.411 e. The fourth-order valence-electron chi connectivity index (χ4n) is 1.75. The molecule has 0 bridgehead atoms. The van der Waals surface area contributed by atoms with Crippen LogP contribution >= 0.6 is 0 Å². The summed E-state index contributed by atoms with van der Waals surface area (Å²) >= 11 is 0. The summed E-state index contributed by atoms with van der Waals surface area (Å²) in [4.78, 5) is 70.5. The molecule has 0 aliphatic rings. The van der Waals surface area contributed by atoms with Gasteiger partial charge in [-0.1, -0.05) is 0 Å². The molecule has 0 saturated heterocycles. The van der Waals surface area contributed by atoms with Crippen LogP contribution in [0.3, 0.4) is 0 Å². The Morgan fingerprint density at radius 2 is 0.750 bits per heavy atom. The van der Waals surface area contributed by atoms with Crippen molar-refractivity contribution in [3.05, 3.63) is 0 Å². The summed E-state index contributed by atoms with van der Waals surface area (Å²) in [5.74, 6) is 0. The molecule has 0 radical (unpaired) electrons. The molecule has 0 spiro atoms. The highest BCUT2D eigenvalue weighted by Gasteiger charge is 2.29. The summed E-state index contributed by atoms with van der Waals surface area (Å²) < 4.78 is 21.2. The second-order valence-electron chi connectivity index (χ2n) is 8.25. The van der Waals surface area contributed by atoms with Gasteiger partial charge in [-0.05, 0) is 89.6 Å². The van der Waals surface area contributed by atoms with Crippen molar-refractivity contribution < 1.29 is 51.7 Å². The van der Waals surface area contributed by atoms with Crippen molar-refractivity contribution in [1.29, 1.82) is 0 Å². The quantitative estimate of drug-likeness (QED) is 0.0891. The van der Waals surface area contributed by atoms with Crippen molar-refractivity contribution in [2.75, 3.05) is 33.3 Å². The summed E-state index contributed by atoms with van der Waals surface area (Å²) in [6.07, 6.45) is 2.76. The summed E-state index contributed by atoms with van der Waals surface area (Å²) in [5, 5.41) is 0. The fraction of sp³-hybridized carbons (Fsp3) is 1.00. The molecule has 15 nitrogen and oxygen atoms in total. The van der Waals surface area contributed by atoms with E-state index in [2.05, 4.69) is 4.43 Å². The van der Waals surface area contributed by atoms with Gasteiger partial charge in [0.2, 0.25) is 0 Å². The van der Waals surface area contributed by atoms with Crippen LogP contribution in [0.2, 0.25) is 43.8 Å². The van der Waals surface area contributed by atoms with Gasteiger partial charge in [-0.15, -0.1) is 0 Å². The van der Waals surface area contributed by atoms with Crippen LogP contribution in [0.15, 0.2) is 0 Å². The maximum absolute atomic E-state index is 8.87. The maximum atomic E-state index is 8.87. The third-order valence-electron chi connectivity index (χ3n) is 3.60. The molecule has 0 aromatic heterocycles. The Labute approximate surface area is 221 Å². The van der Waals surface area contributed by atoms with Gasteiger partial charge in [-0.25, -0.2) is 0 Å². The number of hydrogen-bond donors (Lipinski definition) is 12. The lowest BCUT2D eigenvalue weighted by molar-refractivity contribution is 0.184.